The Kier molecular flexibility index (Phi) is 8.46. The average molecular weight is 551 g/mol. The van der Waals surface area contributed by atoms with E-state index in [1.165, 1.54) is 24.4 Å². The van der Waals surface area contributed by atoms with Crippen molar-refractivity contribution < 1.29 is 9.18 Å². The Balaban J connectivity index is 1.27. The lowest BCUT2D eigenvalue weighted by atomic mass is 10.0. The molecule has 1 aliphatic heterocycles. The standard InChI is InChI=1S/C31H31FN8O/c1-19(23-6-8-25(32)9-7-23)39-31(41)26-12-22(14-33)17-38-30(26)37-16-20-2-4-24(5-3-20)28-18-36-29(34)27(40-28)13-21-10-11-35-15-21/h2-9,12,17-19,21,35H,10-11,13,15-16H2,1H3,(H2,34,36)(H,37,38)(H,39,41). The maximum absolute atomic E-state index is 13.3. The van der Waals surface area contributed by atoms with Gasteiger partial charge in [-0.2, -0.15) is 5.26 Å². The molecule has 10 heteroatoms. The average Bonchev–Trinajstić information content (AvgIpc) is 3.51. The number of carbonyl (C=O) groups is 1. The zero-order valence-corrected chi connectivity index (χ0v) is 22.7. The Morgan fingerprint density at radius 3 is 2.66 bits per heavy atom. The van der Waals surface area contributed by atoms with Gasteiger partial charge in [-0.3, -0.25) is 4.79 Å². The van der Waals surface area contributed by atoms with E-state index in [9.17, 15) is 14.4 Å². The highest BCUT2D eigenvalue weighted by Crippen LogP contribution is 2.23. The minimum absolute atomic E-state index is 0.247. The first-order chi connectivity index (χ1) is 19.9. The molecule has 1 aliphatic rings. The van der Waals surface area contributed by atoms with Crippen molar-refractivity contribution in [1.82, 2.24) is 25.6 Å². The first kappa shape index (κ1) is 27.7. The van der Waals surface area contributed by atoms with Crippen molar-refractivity contribution in [3.8, 4) is 17.3 Å². The number of carbonyl (C=O) groups excluding carboxylic acids is 1. The highest BCUT2D eigenvalue weighted by atomic mass is 19.1. The van der Waals surface area contributed by atoms with E-state index in [2.05, 4.69) is 25.9 Å². The van der Waals surface area contributed by atoms with E-state index in [-0.39, 0.29) is 23.0 Å². The molecule has 0 radical (unpaired) electrons. The summed E-state index contributed by atoms with van der Waals surface area (Å²) < 4.78 is 13.3. The first-order valence-corrected chi connectivity index (χ1v) is 13.5. The molecular formula is C31H31FN8O. The highest BCUT2D eigenvalue weighted by Gasteiger charge is 2.19. The molecule has 1 fully saturated rings. The molecule has 2 atom stereocenters. The molecule has 0 aliphatic carbocycles. The summed E-state index contributed by atoms with van der Waals surface area (Å²) in [7, 11) is 0. The lowest BCUT2D eigenvalue weighted by Gasteiger charge is -2.16. The van der Waals surface area contributed by atoms with Crippen molar-refractivity contribution in [1.29, 1.82) is 5.26 Å². The number of nitrogens with two attached hydrogens (primary N) is 1. The molecule has 5 rings (SSSR count). The molecule has 1 saturated heterocycles. The smallest absolute Gasteiger partial charge is 0.255 e. The second-order valence-corrected chi connectivity index (χ2v) is 10.2. The van der Waals surface area contributed by atoms with Gasteiger partial charge in [-0.25, -0.2) is 19.3 Å². The zero-order valence-electron chi connectivity index (χ0n) is 22.7. The van der Waals surface area contributed by atoms with Gasteiger partial charge in [-0.1, -0.05) is 36.4 Å². The molecule has 3 heterocycles. The first-order valence-electron chi connectivity index (χ1n) is 13.5. The molecule has 0 bridgehead atoms. The van der Waals surface area contributed by atoms with Gasteiger partial charge in [0.1, 0.15) is 23.5 Å². The maximum Gasteiger partial charge on any atom is 0.255 e. The largest absolute Gasteiger partial charge is 0.382 e. The minimum Gasteiger partial charge on any atom is -0.382 e. The predicted molar refractivity (Wildman–Crippen MR) is 155 cm³/mol. The van der Waals surface area contributed by atoms with E-state index in [1.54, 1.807) is 18.3 Å². The van der Waals surface area contributed by atoms with Crippen molar-refractivity contribution in [2.75, 3.05) is 24.1 Å². The van der Waals surface area contributed by atoms with Crippen LogP contribution in [0.3, 0.4) is 0 Å². The highest BCUT2D eigenvalue weighted by molar-refractivity contribution is 5.99. The van der Waals surface area contributed by atoms with Gasteiger partial charge in [0.25, 0.3) is 5.91 Å². The Morgan fingerprint density at radius 1 is 1.17 bits per heavy atom. The van der Waals surface area contributed by atoms with Crippen molar-refractivity contribution in [2.45, 2.75) is 32.4 Å². The Bertz CT molecular complexity index is 1560. The Hall–Kier alpha value is -4.88. The molecular weight excluding hydrogens is 519 g/mol. The molecule has 41 heavy (non-hydrogen) atoms. The van der Waals surface area contributed by atoms with Crippen LogP contribution in [0, 0.1) is 23.1 Å². The third kappa shape index (κ3) is 6.83. The Labute approximate surface area is 238 Å². The summed E-state index contributed by atoms with van der Waals surface area (Å²) in [5, 5.41) is 18.8. The fourth-order valence-electron chi connectivity index (χ4n) is 4.82. The van der Waals surface area contributed by atoms with E-state index in [0.29, 0.717) is 24.1 Å². The van der Waals surface area contributed by atoms with Crippen molar-refractivity contribution in [3.63, 3.8) is 0 Å². The van der Waals surface area contributed by atoms with Gasteiger partial charge in [0, 0.05) is 18.3 Å². The van der Waals surface area contributed by atoms with Crippen molar-refractivity contribution >= 4 is 17.5 Å². The van der Waals surface area contributed by atoms with Gasteiger partial charge in [0.05, 0.1) is 34.8 Å². The van der Waals surface area contributed by atoms with E-state index < -0.39 is 5.91 Å². The van der Waals surface area contributed by atoms with E-state index in [4.69, 9.17) is 10.7 Å². The van der Waals surface area contributed by atoms with E-state index >= 15 is 0 Å². The number of amides is 1. The maximum atomic E-state index is 13.3. The van der Waals surface area contributed by atoms with Gasteiger partial charge in [-0.05, 0) is 68.1 Å². The monoisotopic (exact) mass is 550 g/mol. The van der Waals surface area contributed by atoms with Crippen LogP contribution in [-0.2, 0) is 13.0 Å². The van der Waals surface area contributed by atoms with Crippen LogP contribution in [-0.4, -0.2) is 33.9 Å². The van der Waals surface area contributed by atoms with Crippen molar-refractivity contribution in [2.24, 2.45) is 5.92 Å². The second kappa shape index (κ2) is 12.5. The molecule has 9 nitrogen and oxygen atoms in total. The van der Waals surface area contributed by atoms with E-state index in [1.807, 2.05) is 37.3 Å². The second-order valence-electron chi connectivity index (χ2n) is 10.2. The number of hydrogen-bond acceptors (Lipinski definition) is 8. The summed E-state index contributed by atoms with van der Waals surface area (Å²) in [4.78, 5) is 26.7. The van der Waals surface area contributed by atoms with Gasteiger partial charge in [0.15, 0.2) is 0 Å². The van der Waals surface area contributed by atoms with Crippen molar-refractivity contribution in [3.05, 3.63) is 101 Å². The molecule has 0 saturated carbocycles. The van der Waals surface area contributed by atoms with Crippen LogP contribution in [0.15, 0.2) is 67.0 Å². The number of benzene rings is 2. The molecule has 0 spiro atoms. The predicted octanol–water partition coefficient (Wildman–Crippen LogP) is 4.39. The summed E-state index contributed by atoms with van der Waals surface area (Å²) in [6, 6.07) is 17.0. The van der Waals surface area contributed by atoms with Crippen LogP contribution in [0.1, 0.15) is 52.1 Å². The number of halogens is 1. The lowest BCUT2D eigenvalue weighted by Crippen LogP contribution is -2.28. The fourth-order valence-corrected chi connectivity index (χ4v) is 4.82. The summed E-state index contributed by atoms with van der Waals surface area (Å²) in [6.07, 6.45) is 5.03. The molecule has 2 unspecified atom stereocenters. The van der Waals surface area contributed by atoms with Crippen LogP contribution in [0.5, 0.6) is 0 Å². The van der Waals surface area contributed by atoms with Crippen LogP contribution in [0.2, 0.25) is 0 Å². The Morgan fingerprint density at radius 2 is 1.95 bits per heavy atom. The third-order valence-corrected chi connectivity index (χ3v) is 7.21. The molecule has 1 amide bonds. The van der Waals surface area contributed by atoms with Crippen LogP contribution >= 0.6 is 0 Å². The van der Waals surface area contributed by atoms with Gasteiger partial charge >= 0.3 is 0 Å². The molecule has 2 aromatic heterocycles. The summed E-state index contributed by atoms with van der Waals surface area (Å²) >= 11 is 0. The number of aromatic nitrogens is 3. The topological polar surface area (TPSA) is 142 Å². The number of nitrogens with one attached hydrogen (secondary N) is 3. The number of anilines is 2. The summed E-state index contributed by atoms with van der Waals surface area (Å²) in [5.41, 5.74) is 10.9. The van der Waals surface area contributed by atoms with E-state index in [0.717, 1.165) is 54.0 Å². The number of hydrogen-bond donors (Lipinski definition) is 4. The lowest BCUT2D eigenvalue weighted by molar-refractivity contribution is 0.0940. The molecule has 5 N–H and O–H groups in total. The van der Waals surface area contributed by atoms with Gasteiger partial charge in [0.2, 0.25) is 0 Å². The number of nitrogen functional groups attached to an aromatic ring is 1. The fraction of sp³-hybridized carbons (Fsp3) is 0.258. The zero-order chi connectivity index (χ0) is 28.8. The number of nitrogens with zero attached hydrogens (tertiary/aromatic N) is 4. The molecule has 4 aromatic rings. The van der Waals surface area contributed by atoms with Crippen LogP contribution < -0.4 is 21.7 Å². The normalized spacial score (nSPS) is 15.2. The van der Waals surface area contributed by atoms with Crippen LogP contribution in [0.25, 0.3) is 11.3 Å². The SMILES string of the molecule is CC(NC(=O)c1cc(C#N)cnc1NCc1ccc(-c2cnc(N)c(CC3CCNC3)n2)cc1)c1ccc(F)cc1. The number of pyridine rings is 1. The quantitative estimate of drug-likeness (QED) is 0.240. The van der Waals surface area contributed by atoms with Gasteiger partial charge in [-0.15, -0.1) is 0 Å². The number of rotatable bonds is 9. The summed E-state index contributed by atoms with van der Waals surface area (Å²) in [6.45, 7) is 4.20. The number of nitriles is 1. The minimum atomic E-state index is -0.393. The molecule has 208 valence electrons. The van der Waals surface area contributed by atoms with Crippen LogP contribution in [0.4, 0.5) is 16.0 Å². The molecule has 2 aromatic carbocycles. The third-order valence-electron chi connectivity index (χ3n) is 7.21. The van der Waals surface area contributed by atoms with Gasteiger partial charge < -0.3 is 21.7 Å². The summed E-state index contributed by atoms with van der Waals surface area (Å²) in [5.74, 6) is 0.608.